The SMILES string of the molecule is O=P(Cl)(OCCCBr)OCCc1ccccc1. The maximum absolute atomic E-state index is 11.6. The molecule has 17 heavy (non-hydrogen) atoms. The lowest BCUT2D eigenvalue weighted by atomic mass is 10.2. The average molecular weight is 342 g/mol. The molecule has 6 heteroatoms. The van der Waals surface area contributed by atoms with E-state index < -0.39 is 6.95 Å². The van der Waals surface area contributed by atoms with Crippen LogP contribution in [0.15, 0.2) is 30.3 Å². The first kappa shape index (κ1) is 15.2. The molecule has 1 rings (SSSR count). The Kier molecular flexibility index (Phi) is 7.40. The molecule has 96 valence electrons. The van der Waals surface area contributed by atoms with Gasteiger partial charge in [-0.05, 0) is 18.4 Å². The molecule has 0 saturated carbocycles. The van der Waals surface area contributed by atoms with E-state index in [1.165, 1.54) is 0 Å². The van der Waals surface area contributed by atoms with Crippen molar-refractivity contribution in [2.24, 2.45) is 0 Å². The van der Waals surface area contributed by atoms with E-state index in [-0.39, 0.29) is 0 Å². The molecule has 0 aliphatic heterocycles. The van der Waals surface area contributed by atoms with Crippen LogP contribution in [-0.2, 0) is 20.0 Å². The number of rotatable bonds is 8. The van der Waals surface area contributed by atoms with Crippen LogP contribution in [0.2, 0.25) is 0 Å². The molecular formula is C11H15BrClO3P. The van der Waals surface area contributed by atoms with Crippen molar-refractivity contribution in [1.29, 1.82) is 0 Å². The highest BCUT2D eigenvalue weighted by atomic mass is 79.9. The van der Waals surface area contributed by atoms with Gasteiger partial charge in [0, 0.05) is 16.6 Å². The Morgan fingerprint density at radius 2 is 1.82 bits per heavy atom. The topological polar surface area (TPSA) is 35.5 Å². The first-order valence-electron chi connectivity index (χ1n) is 5.33. The van der Waals surface area contributed by atoms with Gasteiger partial charge < -0.3 is 0 Å². The molecule has 0 amide bonds. The first-order chi connectivity index (χ1) is 8.14. The van der Waals surface area contributed by atoms with E-state index in [1.54, 1.807) is 0 Å². The molecule has 0 radical (unpaired) electrons. The molecule has 0 aromatic heterocycles. The Labute approximate surface area is 115 Å². The summed E-state index contributed by atoms with van der Waals surface area (Å²) in [7, 11) is 0. The van der Waals surface area contributed by atoms with E-state index in [2.05, 4.69) is 15.9 Å². The molecule has 1 aromatic carbocycles. The molecule has 0 heterocycles. The van der Waals surface area contributed by atoms with Gasteiger partial charge in [0.05, 0.1) is 13.2 Å². The molecular weight excluding hydrogens is 326 g/mol. The van der Waals surface area contributed by atoms with Gasteiger partial charge >= 0.3 is 6.95 Å². The lowest BCUT2D eigenvalue weighted by Crippen LogP contribution is -1.98. The van der Waals surface area contributed by atoms with Crippen molar-refractivity contribution in [2.45, 2.75) is 12.8 Å². The summed E-state index contributed by atoms with van der Waals surface area (Å²) in [5, 5.41) is 0.786. The molecule has 1 unspecified atom stereocenters. The number of halogens is 2. The van der Waals surface area contributed by atoms with Gasteiger partial charge in [-0.25, -0.2) is 4.57 Å². The summed E-state index contributed by atoms with van der Waals surface area (Å²) in [6, 6.07) is 9.80. The molecule has 0 N–H and O–H groups in total. The lowest BCUT2D eigenvalue weighted by molar-refractivity contribution is 0.221. The second kappa shape index (κ2) is 8.28. The molecule has 1 atom stereocenters. The van der Waals surface area contributed by atoms with Crippen LogP contribution >= 0.6 is 34.1 Å². The fourth-order valence-electron chi connectivity index (χ4n) is 1.18. The Bertz CT molecular complexity index is 361. The summed E-state index contributed by atoms with van der Waals surface area (Å²) < 4.78 is 21.6. The van der Waals surface area contributed by atoms with Gasteiger partial charge in [-0.2, -0.15) is 0 Å². The third-order valence-electron chi connectivity index (χ3n) is 2.00. The quantitative estimate of drug-likeness (QED) is 0.399. The van der Waals surface area contributed by atoms with E-state index in [1.807, 2.05) is 30.3 Å². The van der Waals surface area contributed by atoms with E-state index in [9.17, 15) is 4.57 Å². The predicted molar refractivity (Wildman–Crippen MR) is 73.9 cm³/mol. The minimum atomic E-state index is -3.41. The maximum Gasteiger partial charge on any atom is 0.424 e. The van der Waals surface area contributed by atoms with Crippen LogP contribution in [0, 0.1) is 0 Å². The van der Waals surface area contributed by atoms with Crippen LogP contribution in [0.1, 0.15) is 12.0 Å². The van der Waals surface area contributed by atoms with Crippen molar-refractivity contribution in [1.82, 2.24) is 0 Å². The summed E-state index contributed by atoms with van der Waals surface area (Å²) in [6.45, 7) is -2.79. The number of hydrogen-bond donors (Lipinski definition) is 0. The van der Waals surface area contributed by atoms with Crippen molar-refractivity contribution < 1.29 is 13.6 Å². The summed E-state index contributed by atoms with van der Waals surface area (Å²) in [5.74, 6) is 0. The minimum Gasteiger partial charge on any atom is -0.297 e. The van der Waals surface area contributed by atoms with Crippen molar-refractivity contribution in [3.8, 4) is 0 Å². The van der Waals surface area contributed by atoms with Gasteiger partial charge in [0.25, 0.3) is 0 Å². The summed E-state index contributed by atoms with van der Waals surface area (Å²) in [4.78, 5) is 0. The zero-order valence-corrected chi connectivity index (χ0v) is 12.6. The second-order valence-corrected chi connectivity index (χ2v) is 6.79. The van der Waals surface area contributed by atoms with Gasteiger partial charge in [-0.15, -0.1) is 0 Å². The highest BCUT2D eigenvalue weighted by Crippen LogP contribution is 2.53. The van der Waals surface area contributed by atoms with Crippen LogP contribution in [0.3, 0.4) is 0 Å². The Hall–Kier alpha value is 0.140. The highest BCUT2D eigenvalue weighted by molar-refractivity contribution is 9.09. The van der Waals surface area contributed by atoms with Crippen molar-refractivity contribution in [2.75, 3.05) is 18.5 Å². The van der Waals surface area contributed by atoms with Gasteiger partial charge in [-0.1, -0.05) is 46.3 Å². The van der Waals surface area contributed by atoms with Crippen LogP contribution in [0.4, 0.5) is 0 Å². The van der Waals surface area contributed by atoms with E-state index >= 15 is 0 Å². The van der Waals surface area contributed by atoms with Crippen molar-refractivity contribution in [3.05, 3.63) is 35.9 Å². The van der Waals surface area contributed by atoms with Crippen LogP contribution in [0.25, 0.3) is 0 Å². The summed E-state index contributed by atoms with van der Waals surface area (Å²) in [6.07, 6.45) is 1.41. The van der Waals surface area contributed by atoms with E-state index in [0.717, 1.165) is 17.3 Å². The fourth-order valence-corrected chi connectivity index (χ4v) is 2.56. The average Bonchev–Trinajstić information content (AvgIpc) is 2.30. The molecule has 0 saturated heterocycles. The third-order valence-corrected chi connectivity index (χ3v) is 4.13. The van der Waals surface area contributed by atoms with E-state index in [4.69, 9.17) is 20.3 Å². The zero-order chi connectivity index (χ0) is 12.6. The largest absolute Gasteiger partial charge is 0.424 e. The monoisotopic (exact) mass is 340 g/mol. The molecule has 0 aliphatic carbocycles. The van der Waals surface area contributed by atoms with Gasteiger partial charge in [-0.3, -0.25) is 9.05 Å². The minimum absolute atomic E-state index is 0.291. The number of hydrogen-bond acceptors (Lipinski definition) is 3. The maximum atomic E-state index is 11.6. The molecule has 1 aromatic rings. The van der Waals surface area contributed by atoms with Crippen LogP contribution < -0.4 is 0 Å². The normalized spacial score (nSPS) is 14.5. The van der Waals surface area contributed by atoms with E-state index in [0.29, 0.717) is 19.6 Å². The Morgan fingerprint density at radius 1 is 1.18 bits per heavy atom. The molecule has 0 fully saturated rings. The smallest absolute Gasteiger partial charge is 0.297 e. The second-order valence-electron chi connectivity index (χ2n) is 3.38. The van der Waals surface area contributed by atoms with Gasteiger partial charge in [0.15, 0.2) is 0 Å². The zero-order valence-electron chi connectivity index (χ0n) is 9.35. The molecule has 0 aliphatic rings. The summed E-state index contributed by atoms with van der Waals surface area (Å²) >= 11 is 8.88. The standard InChI is InChI=1S/C11H15BrClO3P/c12-8-4-9-15-17(13,14)16-10-7-11-5-2-1-3-6-11/h1-3,5-6H,4,7-10H2. The number of benzene rings is 1. The van der Waals surface area contributed by atoms with Crippen LogP contribution in [0.5, 0.6) is 0 Å². The molecule has 0 bridgehead atoms. The van der Waals surface area contributed by atoms with Gasteiger partial charge in [0.2, 0.25) is 0 Å². The first-order valence-corrected chi connectivity index (χ1v) is 8.89. The predicted octanol–water partition coefficient (Wildman–Crippen LogP) is 4.39. The molecule has 0 spiro atoms. The fraction of sp³-hybridized carbons (Fsp3) is 0.455. The van der Waals surface area contributed by atoms with Crippen molar-refractivity contribution in [3.63, 3.8) is 0 Å². The molecule has 3 nitrogen and oxygen atoms in total. The lowest BCUT2D eigenvalue weighted by Gasteiger charge is -2.11. The van der Waals surface area contributed by atoms with Crippen LogP contribution in [-0.4, -0.2) is 18.5 Å². The highest BCUT2D eigenvalue weighted by Gasteiger charge is 2.19. The summed E-state index contributed by atoms with van der Waals surface area (Å²) in [5.41, 5.74) is 1.12. The van der Waals surface area contributed by atoms with Crippen molar-refractivity contribution >= 4 is 34.1 Å². The number of alkyl halides is 1. The van der Waals surface area contributed by atoms with Gasteiger partial charge in [0.1, 0.15) is 0 Å². The third kappa shape index (κ3) is 7.22. The Balaban J connectivity index is 2.23. The Morgan fingerprint density at radius 3 is 2.47 bits per heavy atom.